The van der Waals surface area contributed by atoms with Crippen molar-refractivity contribution in [3.63, 3.8) is 0 Å². The van der Waals surface area contributed by atoms with Crippen LogP contribution in [0.4, 0.5) is 0 Å². The minimum Gasteiger partial charge on any atom is -0.374 e. The lowest BCUT2D eigenvalue weighted by Gasteiger charge is -2.36. The predicted molar refractivity (Wildman–Crippen MR) is 73.4 cm³/mol. The fourth-order valence-corrected chi connectivity index (χ4v) is 2.25. The van der Waals surface area contributed by atoms with Crippen LogP contribution in [0.2, 0.25) is 0 Å². The van der Waals surface area contributed by atoms with E-state index in [2.05, 4.69) is 52.5 Å². The second kappa shape index (κ2) is 6.47. The third kappa shape index (κ3) is 3.96. The van der Waals surface area contributed by atoms with Gasteiger partial charge in [-0.2, -0.15) is 0 Å². The average Bonchev–Trinajstić information content (AvgIpc) is 2.21. The Morgan fingerprint density at radius 2 is 2.31 bits per heavy atom. The Labute approximate surface area is 110 Å². The summed E-state index contributed by atoms with van der Waals surface area (Å²) in [6, 6.07) is -0.0130. The lowest BCUT2D eigenvalue weighted by molar-refractivity contribution is -0.0782. The summed E-state index contributed by atoms with van der Waals surface area (Å²) in [6.45, 7) is 6.23. The van der Waals surface area contributed by atoms with Gasteiger partial charge in [0.05, 0.1) is 18.2 Å². The Bertz CT molecular complexity index is 308. The van der Waals surface area contributed by atoms with Gasteiger partial charge in [-0.3, -0.25) is 0 Å². The maximum absolute atomic E-state index is 8.46. The molecule has 0 saturated carbocycles. The van der Waals surface area contributed by atoms with Crippen molar-refractivity contribution >= 4 is 22.6 Å². The van der Waals surface area contributed by atoms with Gasteiger partial charge in [-0.15, -0.1) is 0 Å². The molecule has 90 valence electrons. The molecule has 1 heterocycles. The molecule has 1 aliphatic heterocycles. The van der Waals surface area contributed by atoms with Crippen LogP contribution in [-0.2, 0) is 4.74 Å². The number of allylic oxidation sites excluding steroid dienone is 1. The van der Waals surface area contributed by atoms with Gasteiger partial charge in [0.1, 0.15) is 0 Å². The van der Waals surface area contributed by atoms with Gasteiger partial charge in [-0.05, 0) is 64.3 Å². The number of hydrogen-bond acceptors (Lipinski definition) is 2. The van der Waals surface area contributed by atoms with Gasteiger partial charge in [-0.1, -0.05) is 18.1 Å². The molecule has 0 bridgehead atoms. The zero-order chi connectivity index (χ0) is 12.1. The van der Waals surface area contributed by atoms with Gasteiger partial charge in [0.2, 0.25) is 0 Å². The van der Waals surface area contributed by atoms with Crippen LogP contribution in [0.25, 0.3) is 10.4 Å². The fraction of sp³-hybridized carbons (Fsp3) is 0.818. The third-order valence-electron chi connectivity index (χ3n) is 3.01. The largest absolute Gasteiger partial charge is 0.374 e. The van der Waals surface area contributed by atoms with E-state index in [-0.39, 0.29) is 18.2 Å². The van der Waals surface area contributed by atoms with Crippen LogP contribution < -0.4 is 0 Å². The maximum Gasteiger partial charge on any atom is 0.0639 e. The van der Waals surface area contributed by atoms with Gasteiger partial charge in [-0.25, -0.2) is 0 Å². The average molecular weight is 335 g/mol. The van der Waals surface area contributed by atoms with Crippen molar-refractivity contribution in [2.75, 3.05) is 0 Å². The van der Waals surface area contributed by atoms with Crippen molar-refractivity contribution in [1.82, 2.24) is 0 Å². The quantitative estimate of drug-likeness (QED) is 0.330. The maximum atomic E-state index is 8.46. The third-order valence-corrected chi connectivity index (χ3v) is 3.45. The highest BCUT2D eigenvalue weighted by molar-refractivity contribution is 14.1. The molecule has 0 aromatic carbocycles. The molecule has 0 aliphatic carbocycles. The summed E-state index contributed by atoms with van der Waals surface area (Å²) in [6.07, 6.45) is 4.35. The minimum atomic E-state index is -0.0130. The summed E-state index contributed by atoms with van der Waals surface area (Å²) in [5.41, 5.74) is 8.46. The van der Waals surface area contributed by atoms with Crippen LogP contribution in [0.3, 0.4) is 0 Å². The van der Waals surface area contributed by atoms with Crippen LogP contribution in [-0.4, -0.2) is 18.2 Å². The van der Waals surface area contributed by atoms with E-state index in [4.69, 9.17) is 10.3 Å². The van der Waals surface area contributed by atoms with Gasteiger partial charge in [0.25, 0.3) is 0 Å². The molecule has 0 N–H and O–H groups in total. The lowest BCUT2D eigenvalue weighted by atomic mass is 9.89. The first-order chi connectivity index (χ1) is 7.54. The SMILES string of the molecule is C/C(I)=C/C[C@@H]1O[C@H](C)[C@H](N=[N+]=[N-])C[C@@H]1C. The molecule has 0 radical (unpaired) electrons. The summed E-state index contributed by atoms with van der Waals surface area (Å²) in [7, 11) is 0. The number of rotatable bonds is 3. The van der Waals surface area contributed by atoms with E-state index < -0.39 is 0 Å². The Morgan fingerprint density at radius 3 is 2.88 bits per heavy atom. The van der Waals surface area contributed by atoms with Crippen LogP contribution in [0.15, 0.2) is 14.8 Å². The summed E-state index contributed by atoms with van der Waals surface area (Å²) >= 11 is 2.31. The normalized spacial score (nSPS) is 35.6. The molecule has 0 aromatic rings. The van der Waals surface area contributed by atoms with Crippen molar-refractivity contribution in [2.45, 2.75) is 51.9 Å². The topological polar surface area (TPSA) is 58.0 Å². The molecule has 1 aliphatic rings. The second-order valence-electron chi connectivity index (χ2n) is 4.39. The van der Waals surface area contributed by atoms with E-state index in [9.17, 15) is 0 Å². The highest BCUT2D eigenvalue weighted by Gasteiger charge is 2.32. The molecule has 5 heteroatoms. The molecule has 4 atom stereocenters. The Morgan fingerprint density at radius 1 is 1.62 bits per heavy atom. The van der Waals surface area contributed by atoms with Crippen LogP contribution >= 0.6 is 22.6 Å². The predicted octanol–water partition coefficient (Wildman–Crippen LogP) is 4.21. The summed E-state index contributed by atoms with van der Waals surface area (Å²) in [5, 5.41) is 3.78. The minimum absolute atomic E-state index is 0.0130. The molecule has 0 aromatic heterocycles. The number of ether oxygens (including phenoxy) is 1. The molecule has 16 heavy (non-hydrogen) atoms. The summed E-state index contributed by atoms with van der Waals surface area (Å²) in [4.78, 5) is 2.88. The second-order valence-corrected chi connectivity index (χ2v) is 6.09. The van der Waals surface area contributed by atoms with E-state index in [1.165, 1.54) is 3.58 Å². The molecule has 0 spiro atoms. The van der Waals surface area contributed by atoms with Gasteiger partial charge < -0.3 is 4.74 Å². The Kier molecular flexibility index (Phi) is 5.58. The zero-order valence-corrected chi connectivity index (χ0v) is 12.1. The van der Waals surface area contributed by atoms with Crippen molar-refractivity contribution in [3.05, 3.63) is 20.1 Å². The standard InChI is InChI=1S/C11H18IN3O/c1-7-6-10(14-15-13)9(3)16-11(7)5-4-8(2)12/h4,7,9-11H,5-6H2,1-3H3/b8-4-/t7-,9+,10+,11-/m0/s1. The number of hydrogen-bond donors (Lipinski definition) is 0. The van der Waals surface area contributed by atoms with Crippen molar-refractivity contribution in [1.29, 1.82) is 0 Å². The first-order valence-electron chi connectivity index (χ1n) is 5.56. The van der Waals surface area contributed by atoms with Crippen LogP contribution in [0.1, 0.15) is 33.6 Å². The highest BCUT2D eigenvalue weighted by atomic mass is 127. The van der Waals surface area contributed by atoms with Gasteiger partial charge in [0.15, 0.2) is 0 Å². The monoisotopic (exact) mass is 335 g/mol. The first kappa shape index (κ1) is 13.8. The highest BCUT2D eigenvalue weighted by Crippen LogP contribution is 2.29. The molecule has 1 rings (SSSR count). The van der Waals surface area contributed by atoms with E-state index in [0.29, 0.717) is 5.92 Å². The number of nitrogens with zero attached hydrogens (tertiary/aromatic N) is 3. The van der Waals surface area contributed by atoms with E-state index in [1.54, 1.807) is 0 Å². The van der Waals surface area contributed by atoms with Gasteiger partial charge >= 0.3 is 0 Å². The molecular weight excluding hydrogens is 317 g/mol. The molecule has 0 amide bonds. The Balaban J connectivity index is 2.59. The summed E-state index contributed by atoms with van der Waals surface area (Å²) in [5.74, 6) is 0.443. The van der Waals surface area contributed by atoms with Crippen molar-refractivity contribution in [2.24, 2.45) is 11.0 Å². The van der Waals surface area contributed by atoms with E-state index >= 15 is 0 Å². The zero-order valence-electron chi connectivity index (χ0n) is 9.93. The number of azide groups is 1. The van der Waals surface area contributed by atoms with Crippen LogP contribution in [0.5, 0.6) is 0 Å². The van der Waals surface area contributed by atoms with E-state index in [0.717, 1.165) is 12.8 Å². The van der Waals surface area contributed by atoms with Crippen molar-refractivity contribution < 1.29 is 4.74 Å². The van der Waals surface area contributed by atoms with Crippen molar-refractivity contribution in [3.8, 4) is 0 Å². The molecule has 4 nitrogen and oxygen atoms in total. The lowest BCUT2D eigenvalue weighted by Crippen LogP contribution is -2.40. The Hall–Kier alpha value is -0.260. The number of halogens is 1. The fourth-order valence-electron chi connectivity index (χ4n) is 2.00. The molecule has 1 saturated heterocycles. The summed E-state index contributed by atoms with van der Waals surface area (Å²) < 4.78 is 7.19. The smallest absolute Gasteiger partial charge is 0.0639 e. The van der Waals surface area contributed by atoms with Gasteiger partial charge in [0, 0.05) is 4.91 Å². The molecular formula is C11H18IN3O. The van der Waals surface area contributed by atoms with Crippen LogP contribution in [0, 0.1) is 5.92 Å². The first-order valence-corrected chi connectivity index (χ1v) is 6.64. The molecule has 0 unspecified atom stereocenters. The van der Waals surface area contributed by atoms with E-state index in [1.807, 2.05) is 6.92 Å². The molecule has 1 fully saturated rings.